The maximum absolute atomic E-state index is 11.9. The Bertz CT molecular complexity index is 277. The van der Waals surface area contributed by atoms with E-state index in [2.05, 4.69) is 5.32 Å². The van der Waals surface area contributed by atoms with Gasteiger partial charge in [0.25, 0.3) is 5.91 Å². The highest BCUT2D eigenvalue weighted by Gasteiger charge is 2.22. The lowest BCUT2D eigenvalue weighted by molar-refractivity contribution is -0.145. The van der Waals surface area contributed by atoms with Crippen LogP contribution in [0.5, 0.6) is 0 Å². The molecule has 1 rings (SSSR count). The van der Waals surface area contributed by atoms with Crippen LogP contribution < -0.4 is 5.32 Å². The van der Waals surface area contributed by atoms with Crippen LogP contribution in [-0.4, -0.2) is 74.6 Å². The van der Waals surface area contributed by atoms with Crippen LogP contribution in [0.3, 0.4) is 0 Å². The highest BCUT2D eigenvalue weighted by molar-refractivity contribution is 5.86. The topological polar surface area (TPSA) is 61.9 Å². The second-order valence-corrected chi connectivity index (χ2v) is 4.20. The molecule has 1 heterocycles. The SMILES string of the molecule is COC(C)C(=O)N(C)CC(=O)N1CCNCC1. The van der Waals surface area contributed by atoms with E-state index in [1.54, 1.807) is 18.9 Å². The Kier molecular flexibility index (Phi) is 5.37. The van der Waals surface area contributed by atoms with Crippen LogP contribution in [0.1, 0.15) is 6.92 Å². The normalized spacial score (nSPS) is 17.7. The molecule has 0 aliphatic carbocycles. The summed E-state index contributed by atoms with van der Waals surface area (Å²) in [5, 5.41) is 3.18. The number of rotatable bonds is 4. The van der Waals surface area contributed by atoms with Gasteiger partial charge in [-0.3, -0.25) is 9.59 Å². The van der Waals surface area contributed by atoms with Crippen LogP contribution in [0.4, 0.5) is 0 Å². The van der Waals surface area contributed by atoms with E-state index in [-0.39, 0.29) is 18.4 Å². The standard InChI is InChI=1S/C11H21N3O3/c1-9(17-3)11(16)13(2)8-10(15)14-6-4-12-5-7-14/h9,12H,4-8H2,1-3H3. The Morgan fingerprint density at radius 1 is 1.41 bits per heavy atom. The largest absolute Gasteiger partial charge is 0.372 e. The Hall–Kier alpha value is -1.14. The van der Waals surface area contributed by atoms with Gasteiger partial charge in [-0.25, -0.2) is 0 Å². The Labute approximate surface area is 102 Å². The van der Waals surface area contributed by atoms with Gasteiger partial charge in [-0.2, -0.15) is 0 Å². The second kappa shape index (κ2) is 6.56. The van der Waals surface area contributed by atoms with Crippen LogP contribution in [0.15, 0.2) is 0 Å². The highest BCUT2D eigenvalue weighted by atomic mass is 16.5. The van der Waals surface area contributed by atoms with Gasteiger partial charge in [0, 0.05) is 40.3 Å². The molecule has 1 N–H and O–H groups in total. The molecule has 98 valence electrons. The van der Waals surface area contributed by atoms with Crippen LogP contribution in [0.25, 0.3) is 0 Å². The second-order valence-electron chi connectivity index (χ2n) is 4.20. The molecule has 1 fully saturated rings. The number of nitrogens with one attached hydrogen (secondary N) is 1. The number of carbonyl (C=O) groups excluding carboxylic acids is 2. The van der Waals surface area contributed by atoms with Crippen molar-refractivity contribution in [3.05, 3.63) is 0 Å². The lowest BCUT2D eigenvalue weighted by Gasteiger charge is -2.29. The summed E-state index contributed by atoms with van der Waals surface area (Å²) in [6.07, 6.45) is -0.504. The van der Waals surface area contributed by atoms with Crippen molar-refractivity contribution in [3.63, 3.8) is 0 Å². The molecular weight excluding hydrogens is 222 g/mol. The third-order valence-electron chi connectivity index (χ3n) is 2.92. The van der Waals surface area contributed by atoms with Gasteiger partial charge in [0.05, 0.1) is 6.54 Å². The predicted molar refractivity (Wildman–Crippen MR) is 63.6 cm³/mol. The zero-order valence-electron chi connectivity index (χ0n) is 10.7. The Balaban J connectivity index is 2.41. The summed E-state index contributed by atoms with van der Waals surface area (Å²) in [6.45, 7) is 4.85. The van der Waals surface area contributed by atoms with Gasteiger partial charge in [-0.15, -0.1) is 0 Å². The zero-order valence-corrected chi connectivity index (χ0v) is 10.7. The molecular formula is C11H21N3O3. The van der Waals surface area contributed by atoms with Gasteiger partial charge in [0.15, 0.2) is 0 Å². The number of hydrogen-bond acceptors (Lipinski definition) is 4. The van der Waals surface area contributed by atoms with Gasteiger partial charge >= 0.3 is 0 Å². The van der Waals surface area contributed by atoms with E-state index in [0.29, 0.717) is 13.1 Å². The molecule has 0 aromatic heterocycles. The molecule has 6 nitrogen and oxygen atoms in total. The van der Waals surface area contributed by atoms with Crippen molar-refractivity contribution in [2.45, 2.75) is 13.0 Å². The molecule has 0 saturated carbocycles. The van der Waals surface area contributed by atoms with Gasteiger partial charge < -0.3 is 19.9 Å². The fourth-order valence-corrected chi connectivity index (χ4v) is 1.71. The summed E-state index contributed by atoms with van der Waals surface area (Å²) >= 11 is 0. The van der Waals surface area contributed by atoms with Gasteiger partial charge in [-0.1, -0.05) is 0 Å². The number of hydrogen-bond donors (Lipinski definition) is 1. The lowest BCUT2D eigenvalue weighted by Crippen LogP contribution is -2.50. The monoisotopic (exact) mass is 243 g/mol. The number of ether oxygens (including phenoxy) is 1. The number of likely N-dealkylation sites (N-methyl/N-ethyl adjacent to an activating group) is 1. The summed E-state index contributed by atoms with van der Waals surface area (Å²) in [7, 11) is 3.10. The Morgan fingerprint density at radius 2 is 2.00 bits per heavy atom. The van der Waals surface area contributed by atoms with Crippen molar-refractivity contribution in [3.8, 4) is 0 Å². The predicted octanol–water partition coefficient (Wildman–Crippen LogP) is -1.09. The molecule has 6 heteroatoms. The van der Waals surface area contributed by atoms with E-state index in [1.165, 1.54) is 12.0 Å². The fourth-order valence-electron chi connectivity index (χ4n) is 1.71. The summed E-state index contributed by atoms with van der Waals surface area (Å²) in [5.41, 5.74) is 0. The first-order valence-corrected chi connectivity index (χ1v) is 5.82. The maximum Gasteiger partial charge on any atom is 0.251 e. The number of methoxy groups -OCH3 is 1. The van der Waals surface area contributed by atoms with E-state index < -0.39 is 6.10 Å². The molecule has 17 heavy (non-hydrogen) atoms. The molecule has 0 aromatic rings. The van der Waals surface area contributed by atoms with Gasteiger partial charge in [0.2, 0.25) is 5.91 Å². The van der Waals surface area contributed by atoms with Crippen LogP contribution in [-0.2, 0) is 14.3 Å². The van der Waals surface area contributed by atoms with E-state index in [0.717, 1.165) is 13.1 Å². The molecule has 0 bridgehead atoms. The van der Waals surface area contributed by atoms with Crippen LogP contribution >= 0.6 is 0 Å². The molecule has 1 aliphatic heterocycles. The first-order valence-electron chi connectivity index (χ1n) is 5.82. The molecule has 0 spiro atoms. The summed E-state index contributed by atoms with van der Waals surface area (Å²) in [4.78, 5) is 26.8. The average Bonchev–Trinajstić information content (AvgIpc) is 2.37. The summed E-state index contributed by atoms with van der Waals surface area (Å²) in [6, 6.07) is 0. The number of amides is 2. The van der Waals surface area contributed by atoms with E-state index in [1.807, 2.05) is 0 Å². The highest BCUT2D eigenvalue weighted by Crippen LogP contribution is 1.99. The fraction of sp³-hybridized carbons (Fsp3) is 0.818. The molecule has 1 saturated heterocycles. The van der Waals surface area contributed by atoms with Crippen molar-refractivity contribution in [1.29, 1.82) is 0 Å². The lowest BCUT2D eigenvalue weighted by atomic mass is 10.3. The quantitative estimate of drug-likeness (QED) is 0.681. The molecule has 2 amide bonds. The van der Waals surface area contributed by atoms with Crippen molar-refractivity contribution in [2.75, 3.05) is 46.9 Å². The molecule has 1 aliphatic rings. The van der Waals surface area contributed by atoms with Crippen molar-refractivity contribution < 1.29 is 14.3 Å². The summed E-state index contributed by atoms with van der Waals surface area (Å²) in [5.74, 6) is -0.179. The molecule has 0 aromatic carbocycles. The third kappa shape index (κ3) is 3.98. The number of carbonyl (C=O) groups is 2. The molecule has 1 unspecified atom stereocenters. The van der Waals surface area contributed by atoms with Crippen LogP contribution in [0, 0.1) is 0 Å². The molecule has 1 atom stereocenters. The van der Waals surface area contributed by atoms with Gasteiger partial charge in [0.1, 0.15) is 6.10 Å². The van der Waals surface area contributed by atoms with Crippen molar-refractivity contribution in [2.24, 2.45) is 0 Å². The Morgan fingerprint density at radius 3 is 2.53 bits per heavy atom. The first kappa shape index (κ1) is 13.9. The minimum atomic E-state index is -0.504. The van der Waals surface area contributed by atoms with E-state index in [4.69, 9.17) is 4.74 Å². The minimum absolute atomic E-state index is 0.00865. The molecule has 0 radical (unpaired) electrons. The zero-order chi connectivity index (χ0) is 12.8. The van der Waals surface area contributed by atoms with E-state index >= 15 is 0 Å². The van der Waals surface area contributed by atoms with Crippen LogP contribution in [0.2, 0.25) is 0 Å². The minimum Gasteiger partial charge on any atom is -0.372 e. The van der Waals surface area contributed by atoms with Gasteiger partial charge in [-0.05, 0) is 6.92 Å². The number of nitrogens with zero attached hydrogens (tertiary/aromatic N) is 2. The first-order chi connectivity index (χ1) is 8.06. The summed E-state index contributed by atoms with van der Waals surface area (Å²) < 4.78 is 4.93. The maximum atomic E-state index is 11.9. The van der Waals surface area contributed by atoms with E-state index in [9.17, 15) is 9.59 Å². The average molecular weight is 243 g/mol. The number of piperazine rings is 1. The van der Waals surface area contributed by atoms with Crippen molar-refractivity contribution >= 4 is 11.8 Å². The third-order valence-corrected chi connectivity index (χ3v) is 2.92. The smallest absolute Gasteiger partial charge is 0.251 e. The van der Waals surface area contributed by atoms with Crippen molar-refractivity contribution in [1.82, 2.24) is 15.1 Å².